The minimum atomic E-state index is -0.0907. The fraction of sp³-hybridized carbons (Fsp3) is 0.0233. The third-order valence-electron chi connectivity index (χ3n) is 27.4. The molecule has 0 saturated heterocycles. The second-order valence-corrected chi connectivity index (χ2v) is 35.2. The van der Waals surface area contributed by atoms with Crippen molar-refractivity contribution in [3.63, 3.8) is 0 Å². The lowest BCUT2D eigenvalue weighted by molar-refractivity contribution is 0.660. The number of rotatable bonds is 14. The van der Waals surface area contributed by atoms with Gasteiger partial charge in [-0.15, -0.1) is 0 Å². The minimum absolute atomic E-state index is 0.0907. The van der Waals surface area contributed by atoms with Gasteiger partial charge in [0.1, 0.15) is 0 Å². The Morgan fingerprint density at radius 3 is 0.962 bits per heavy atom. The smallest absolute Gasteiger partial charge is 0.0540 e. The van der Waals surface area contributed by atoms with Crippen LogP contribution in [-0.2, 0) is 5.41 Å². The molecule has 131 heavy (non-hydrogen) atoms. The summed E-state index contributed by atoms with van der Waals surface area (Å²) in [7, 11) is 0. The number of anilines is 6. The van der Waals surface area contributed by atoms with Gasteiger partial charge in [-0.1, -0.05) is 408 Å². The average Bonchev–Trinajstić information content (AvgIpc) is 1.45. The van der Waals surface area contributed by atoms with Crippen molar-refractivity contribution in [1.82, 2.24) is 0 Å². The van der Waals surface area contributed by atoms with Gasteiger partial charge in [-0.25, -0.2) is 0 Å². The molecule has 0 bridgehead atoms. The van der Waals surface area contributed by atoms with Crippen LogP contribution in [0.5, 0.6) is 0 Å². The van der Waals surface area contributed by atoms with Gasteiger partial charge in [-0.3, -0.25) is 0 Å². The summed E-state index contributed by atoms with van der Waals surface area (Å²) in [6.45, 7) is 4.71. The van der Waals surface area contributed by atoms with Crippen LogP contribution in [0.2, 0.25) is 0 Å². The first-order chi connectivity index (χ1) is 64.8. The van der Waals surface area contributed by atoms with Crippen molar-refractivity contribution >= 4 is 131 Å². The number of benzene rings is 24. The maximum absolute atomic E-state index is 2.44. The second-order valence-electron chi connectivity index (χ2n) is 35.2. The van der Waals surface area contributed by atoms with Crippen LogP contribution < -0.4 is 9.80 Å². The highest BCUT2D eigenvalue weighted by Gasteiger charge is 2.36. The average molecular weight is 1670 g/mol. The van der Waals surface area contributed by atoms with E-state index in [1.165, 1.54) is 208 Å². The standard InChI is InChI=1S/C67H47N.C62H41N/c1-67(2)62-30-18-17-28-55(62)56-38-36-53(42-63(56)67)68(51-25-13-6-14-26-51)52-35-33-48-39-47(31-32-49(48)40-52)50-34-37-58-61(41-50)54-27-15-16-29-57(54)65-60(45-21-9-4-10-22-45)43-59(44-19-7-3-8-20-44)64(66(58)65)46-23-11-5-12-24-46;1-5-18-43(19-6-1)56-41-57(44-20-7-2-8-21-44)61-54-30-16-15-29-53(54)58-40-49(35-37-55(58)62(61)60(56)45-23-9-3-10-24-45)46-32-33-48-39-51(36-34-47(48)38-46)63(50-26-11-4-12-27-50)59-31-17-25-42-22-13-14-28-52(42)59/h3-43H,1-2H3;1-41H. The summed E-state index contributed by atoms with van der Waals surface area (Å²) in [5.41, 5.74) is 31.7. The molecule has 24 aromatic rings. The van der Waals surface area contributed by atoms with Crippen LogP contribution in [0.4, 0.5) is 34.1 Å². The van der Waals surface area contributed by atoms with E-state index in [0.717, 1.165) is 34.1 Å². The van der Waals surface area contributed by atoms with Gasteiger partial charge < -0.3 is 9.80 Å². The zero-order valence-electron chi connectivity index (χ0n) is 72.7. The second kappa shape index (κ2) is 32.6. The Morgan fingerprint density at radius 1 is 0.153 bits per heavy atom. The lowest BCUT2D eigenvalue weighted by Gasteiger charge is -2.28. The van der Waals surface area contributed by atoms with Crippen LogP contribution in [0.1, 0.15) is 25.0 Å². The van der Waals surface area contributed by atoms with E-state index in [1.807, 2.05) is 0 Å². The van der Waals surface area contributed by atoms with Gasteiger partial charge in [0.2, 0.25) is 0 Å². The molecule has 2 nitrogen and oxygen atoms in total. The first-order valence-corrected chi connectivity index (χ1v) is 45.5. The zero-order chi connectivity index (χ0) is 87.0. The summed E-state index contributed by atoms with van der Waals surface area (Å²) in [6.07, 6.45) is 0. The first kappa shape index (κ1) is 77.8. The van der Waals surface area contributed by atoms with Crippen LogP contribution in [0.15, 0.2) is 497 Å². The molecule has 0 spiro atoms. The van der Waals surface area contributed by atoms with Crippen molar-refractivity contribution in [2.45, 2.75) is 19.3 Å². The molecule has 0 atom stereocenters. The van der Waals surface area contributed by atoms with Gasteiger partial charge in [0.15, 0.2) is 0 Å². The van der Waals surface area contributed by atoms with Crippen LogP contribution in [-0.4, -0.2) is 0 Å². The van der Waals surface area contributed by atoms with Crippen molar-refractivity contribution in [1.29, 1.82) is 0 Å². The molecule has 0 aromatic heterocycles. The lowest BCUT2D eigenvalue weighted by atomic mass is 9.81. The fourth-order valence-corrected chi connectivity index (χ4v) is 21.2. The third-order valence-corrected chi connectivity index (χ3v) is 27.4. The molecule has 2 heteroatoms. The van der Waals surface area contributed by atoms with E-state index in [4.69, 9.17) is 0 Å². The highest BCUT2D eigenvalue weighted by atomic mass is 15.1. The van der Waals surface area contributed by atoms with Crippen molar-refractivity contribution in [3.8, 4) is 100 Å². The van der Waals surface area contributed by atoms with Gasteiger partial charge in [0.05, 0.1) is 5.69 Å². The zero-order valence-corrected chi connectivity index (χ0v) is 72.7. The Labute approximate surface area is 763 Å². The van der Waals surface area contributed by atoms with Gasteiger partial charge in [0.25, 0.3) is 0 Å². The summed E-state index contributed by atoms with van der Waals surface area (Å²) >= 11 is 0. The summed E-state index contributed by atoms with van der Waals surface area (Å²) in [6, 6.07) is 183. The van der Waals surface area contributed by atoms with Gasteiger partial charge in [-0.05, 0) is 306 Å². The van der Waals surface area contributed by atoms with Crippen LogP contribution in [0, 0.1) is 0 Å². The van der Waals surface area contributed by atoms with Crippen molar-refractivity contribution in [3.05, 3.63) is 509 Å². The molecule has 25 rings (SSSR count). The molecule has 1 aliphatic carbocycles. The molecular weight excluding hydrogens is 1580 g/mol. The molecule has 614 valence electrons. The summed E-state index contributed by atoms with van der Waals surface area (Å²) in [4.78, 5) is 4.78. The summed E-state index contributed by atoms with van der Waals surface area (Å²) in [5.74, 6) is 0. The van der Waals surface area contributed by atoms with E-state index in [-0.39, 0.29) is 5.41 Å². The third kappa shape index (κ3) is 13.7. The van der Waals surface area contributed by atoms with Gasteiger partial charge in [-0.2, -0.15) is 0 Å². The van der Waals surface area contributed by atoms with Gasteiger partial charge >= 0.3 is 0 Å². The monoisotopic (exact) mass is 1660 g/mol. The Bertz CT molecular complexity index is 8560. The highest BCUT2D eigenvalue weighted by molar-refractivity contribution is 6.35. The van der Waals surface area contributed by atoms with Crippen LogP contribution in [0.3, 0.4) is 0 Å². The van der Waals surface area contributed by atoms with Gasteiger partial charge in [0, 0.05) is 39.2 Å². The molecule has 1 aliphatic rings. The topological polar surface area (TPSA) is 6.48 Å². The molecule has 0 unspecified atom stereocenters. The molecule has 0 fully saturated rings. The van der Waals surface area contributed by atoms with E-state index < -0.39 is 0 Å². The molecule has 0 radical (unpaired) electrons. The molecule has 24 aromatic carbocycles. The lowest BCUT2D eigenvalue weighted by Crippen LogP contribution is -2.16. The number of hydrogen-bond acceptors (Lipinski definition) is 2. The SMILES string of the molecule is CC1(C)c2ccccc2-c2ccc(N(c3ccccc3)c3ccc4cc(-c5ccc6c(c5)c5ccccc5c5c(-c7ccccc7)cc(-c7ccccc7)c(-c7ccccc7)c65)ccc4c3)cc21.c1ccc(-c2cc(-c3ccccc3)c3c4ccccc4c4cc(-c5ccc6cc(N(c7ccccc7)c7cccc8ccccc78)ccc6c5)ccc4c3c2-c2ccccc2)cc1. The van der Waals surface area contributed by atoms with Crippen molar-refractivity contribution in [2.75, 3.05) is 9.80 Å². The molecule has 0 N–H and O–H groups in total. The predicted octanol–water partition coefficient (Wildman–Crippen LogP) is 36.3. The van der Waals surface area contributed by atoms with E-state index in [2.05, 4.69) is 521 Å². The molecule has 0 amide bonds. The number of fused-ring (bicyclic) bond motifs is 18. The minimum Gasteiger partial charge on any atom is -0.310 e. The quantitative estimate of drug-likeness (QED) is 0.100. The number of nitrogens with zero attached hydrogens (tertiary/aromatic N) is 2. The van der Waals surface area contributed by atoms with Crippen LogP contribution in [0.25, 0.3) is 197 Å². The Morgan fingerprint density at radius 2 is 0.481 bits per heavy atom. The molecule has 0 saturated carbocycles. The maximum atomic E-state index is 2.44. The number of hydrogen-bond donors (Lipinski definition) is 0. The molecule has 0 aliphatic heterocycles. The normalized spacial score (nSPS) is 12.1. The van der Waals surface area contributed by atoms with E-state index in [9.17, 15) is 0 Å². The van der Waals surface area contributed by atoms with Crippen molar-refractivity contribution in [2.24, 2.45) is 0 Å². The van der Waals surface area contributed by atoms with E-state index in [1.54, 1.807) is 0 Å². The largest absolute Gasteiger partial charge is 0.310 e. The molecule has 0 heterocycles. The summed E-state index contributed by atoms with van der Waals surface area (Å²) < 4.78 is 0. The summed E-state index contributed by atoms with van der Waals surface area (Å²) in [5, 5.41) is 22.4. The molecular formula is C129H88N2. The van der Waals surface area contributed by atoms with E-state index in [0.29, 0.717) is 0 Å². The Hall–Kier alpha value is -16.8. The number of para-hydroxylation sites is 2. The van der Waals surface area contributed by atoms with Crippen molar-refractivity contribution < 1.29 is 0 Å². The maximum Gasteiger partial charge on any atom is 0.0540 e. The predicted molar refractivity (Wildman–Crippen MR) is 561 cm³/mol. The van der Waals surface area contributed by atoms with Crippen LogP contribution >= 0.6 is 0 Å². The van der Waals surface area contributed by atoms with E-state index >= 15 is 0 Å². The Balaban J connectivity index is 0.000000145. The Kier molecular flexibility index (Phi) is 19.3. The fourth-order valence-electron chi connectivity index (χ4n) is 21.2. The highest BCUT2D eigenvalue weighted by Crippen LogP contribution is 2.55. The first-order valence-electron chi connectivity index (χ1n) is 45.5.